The van der Waals surface area contributed by atoms with Crippen LogP contribution in [0.3, 0.4) is 0 Å². The standard InChI is InChI=1S/C15H9ClF5N5O2/c16-10-2-1-9(5-11(10)28-14(17)18)26-6-8(22-25-26)7-27-13-4-3-12(23-24-13)15(19,20)21/h1-6,14H,7H2. The molecule has 0 atom stereocenters. The van der Waals surface area contributed by atoms with E-state index in [0.717, 1.165) is 12.1 Å². The molecular formula is C15H9ClF5N5O2. The predicted molar refractivity (Wildman–Crippen MR) is 84.4 cm³/mol. The third-order valence-corrected chi connectivity index (χ3v) is 3.55. The van der Waals surface area contributed by atoms with E-state index in [1.807, 2.05) is 0 Å². The lowest BCUT2D eigenvalue weighted by Crippen LogP contribution is -2.09. The minimum atomic E-state index is -4.60. The van der Waals surface area contributed by atoms with Crippen molar-refractivity contribution in [3.05, 3.63) is 52.9 Å². The van der Waals surface area contributed by atoms with Crippen molar-refractivity contribution < 1.29 is 31.4 Å². The van der Waals surface area contributed by atoms with E-state index in [0.29, 0.717) is 11.4 Å². The monoisotopic (exact) mass is 421 g/mol. The van der Waals surface area contributed by atoms with Crippen molar-refractivity contribution in [2.45, 2.75) is 19.4 Å². The summed E-state index contributed by atoms with van der Waals surface area (Å²) >= 11 is 5.78. The van der Waals surface area contributed by atoms with Gasteiger partial charge in [-0.1, -0.05) is 16.8 Å². The summed E-state index contributed by atoms with van der Waals surface area (Å²) in [5, 5.41) is 14.0. The maximum atomic E-state index is 12.4. The predicted octanol–water partition coefficient (Wildman–Crippen LogP) is 3.91. The molecule has 148 valence electrons. The summed E-state index contributed by atoms with van der Waals surface area (Å²) in [4.78, 5) is 0. The van der Waals surface area contributed by atoms with Gasteiger partial charge in [0.25, 0.3) is 0 Å². The minimum Gasteiger partial charge on any atom is -0.470 e. The Morgan fingerprint density at radius 3 is 2.50 bits per heavy atom. The van der Waals surface area contributed by atoms with Gasteiger partial charge in [0.1, 0.15) is 18.1 Å². The van der Waals surface area contributed by atoms with Crippen LogP contribution in [-0.2, 0) is 12.8 Å². The zero-order valence-electron chi connectivity index (χ0n) is 13.6. The van der Waals surface area contributed by atoms with Crippen LogP contribution in [0, 0.1) is 0 Å². The van der Waals surface area contributed by atoms with E-state index < -0.39 is 18.5 Å². The average molecular weight is 422 g/mol. The second kappa shape index (κ2) is 7.92. The average Bonchev–Trinajstić information content (AvgIpc) is 3.10. The maximum absolute atomic E-state index is 12.4. The van der Waals surface area contributed by atoms with E-state index >= 15 is 0 Å². The second-order valence-corrected chi connectivity index (χ2v) is 5.60. The Morgan fingerprint density at radius 2 is 1.86 bits per heavy atom. The van der Waals surface area contributed by atoms with Gasteiger partial charge in [-0.3, -0.25) is 0 Å². The normalized spacial score (nSPS) is 11.7. The van der Waals surface area contributed by atoms with E-state index in [2.05, 4.69) is 25.2 Å². The van der Waals surface area contributed by atoms with Crippen LogP contribution in [0.25, 0.3) is 5.69 Å². The number of rotatable bonds is 6. The number of aromatic nitrogens is 5. The first-order chi connectivity index (χ1) is 13.2. The lowest BCUT2D eigenvalue weighted by Gasteiger charge is -2.08. The Morgan fingerprint density at radius 1 is 1.07 bits per heavy atom. The summed E-state index contributed by atoms with van der Waals surface area (Å²) in [6, 6.07) is 5.85. The van der Waals surface area contributed by atoms with Crippen LogP contribution < -0.4 is 9.47 Å². The number of hydrogen-bond donors (Lipinski definition) is 0. The minimum absolute atomic E-state index is 0.00593. The van der Waals surface area contributed by atoms with Crippen LogP contribution >= 0.6 is 11.6 Å². The fourth-order valence-electron chi connectivity index (χ4n) is 2.01. The van der Waals surface area contributed by atoms with E-state index in [9.17, 15) is 22.0 Å². The summed E-state index contributed by atoms with van der Waals surface area (Å²) in [6.45, 7) is -3.20. The Kier molecular flexibility index (Phi) is 5.58. The van der Waals surface area contributed by atoms with Crippen molar-refractivity contribution in [3.63, 3.8) is 0 Å². The van der Waals surface area contributed by atoms with Crippen LogP contribution in [0.2, 0.25) is 5.02 Å². The molecule has 0 saturated heterocycles. The van der Waals surface area contributed by atoms with E-state index in [-0.39, 0.29) is 23.3 Å². The smallest absolute Gasteiger partial charge is 0.435 e. The van der Waals surface area contributed by atoms with Crippen molar-refractivity contribution >= 4 is 11.6 Å². The Balaban J connectivity index is 1.68. The molecule has 0 radical (unpaired) electrons. The number of benzene rings is 1. The highest BCUT2D eigenvalue weighted by molar-refractivity contribution is 6.32. The molecule has 0 aliphatic carbocycles. The number of ether oxygens (including phenoxy) is 2. The van der Waals surface area contributed by atoms with Gasteiger partial charge in [0.15, 0.2) is 5.69 Å². The number of hydrogen-bond acceptors (Lipinski definition) is 6. The van der Waals surface area contributed by atoms with E-state index in [1.165, 1.54) is 29.1 Å². The molecule has 2 heterocycles. The highest BCUT2D eigenvalue weighted by Crippen LogP contribution is 2.29. The van der Waals surface area contributed by atoms with Gasteiger partial charge in [0.05, 0.1) is 16.9 Å². The third kappa shape index (κ3) is 4.82. The molecule has 28 heavy (non-hydrogen) atoms. The molecule has 1 aromatic carbocycles. The van der Waals surface area contributed by atoms with Crippen LogP contribution in [0.15, 0.2) is 36.5 Å². The lowest BCUT2D eigenvalue weighted by molar-refractivity contribution is -0.141. The molecule has 0 aliphatic heterocycles. The Labute approximate surface area is 158 Å². The van der Waals surface area contributed by atoms with E-state index in [4.69, 9.17) is 16.3 Å². The van der Waals surface area contributed by atoms with Crippen LogP contribution in [0.4, 0.5) is 22.0 Å². The molecule has 0 saturated carbocycles. The SMILES string of the molecule is FC(F)Oc1cc(-n2cc(COc3ccc(C(F)(F)F)nn3)nn2)ccc1Cl. The summed E-state index contributed by atoms with van der Waals surface area (Å²) in [6.07, 6.45) is -3.17. The van der Waals surface area contributed by atoms with Crippen LogP contribution in [0.1, 0.15) is 11.4 Å². The third-order valence-electron chi connectivity index (χ3n) is 3.23. The van der Waals surface area contributed by atoms with Gasteiger partial charge in [0.2, 0.25) is 5.88 Å². The quantitative estimate of drug-likeness (QED) is 0.562. The molecule has 0 unspecified atom stereocenters. The van der Waals surface area contributed by atoms with Crippen molar-refractivity contribution in [2.24, 2.45) is 0 Å². The van der Waals surface area contributed by atoms with Crippen molar-refractivity contribution in [3.8, 4) is 17.3 Å². The molecular weight excluding hydrogens is 413 g/mol. The number of nitrogens with zero attached hydrogens (tertiary/aromatic N) is 5. The highest BCUT2D eigenvalue weighted by Gasteiger charge is 2.32. The fourth-order valence-corrected chi connectivity index (χ4v) is 2.17. The first-order valence-corrected chi connectivity index (χ1v) is 7.80. The van der Waals surface area contributed by atoms with Gasteiger partial charge in [-0.05, 0) is 18.2 Å². The van der Waals surface area contributed by atoms with Crippen molar-refractivity contribution in [1.82, 2.24) is 25.2 Å². The second-order valence-electron chi connectivity index (χ2n) is 5.19. The molecule has 0 N–H and O–H groups in total. The molecule has 7 nitrogen and oxygen atoms in total. The van der Waals surface area contributed by atoms with Gasteiger partial charge in [-0.25, -0.2) is 4.68 Å². The summed E-state index contributed by atoms with van der Waals surface area (Å²) < 4.78 is 72.8. The van der Waals surface area contributed by atoms with Crippen molar-refractivity contribution in [1.29, 1.82) is 0 Å². The van der Waals surface area contributed by atoms with Crippen LogP contribution in [0.5, 0.6) is 11.6 Å². The van der Waals surface area contributed by atoms with Crippen LogP contribution in [-0.4, -0.2) is 31.8 Å². The maximum Gasteiger partial charge on any atom is 0.435 e. The van der Waals surface area contributed by atoms with Gasteiger partial charge < -0.3 is 9.47 Å². The summed E-state index contributed by atoms with van der Waals surface area (Å²) in [5.41, 5.74) is -0.503. The van der Waals surface area contributed by atoms with E-state index in [1.54, 1.807) is 0 Å². The molecule has 0 amide bonds. The molecule has 0 spiro atoms. The van der Waals surface area contributed by atoms with Crippen molar-refractivity contribution in [2.75, 3.05) is 0 Å². The molecule has 0 bridgehead atoms. The summed E-state index contributed by atoms with van der Waals surface area (Å²) in [5.74, 6) is -0.371. The first kappa shape index (κ1) is 19.7. The number of halogens is 6. The van der Waals surface area contributed by atoms with Gasteiger partial charge in [0, 0.05) is 12.1 Å². The molecule has 3 rings (SSSR count). The van der Waals surface area contributed by atoms with Gasteiger partial charge >= 0.3 is 12.8 Å². The first-order valence-electron chi connectivity index (χ1n) is 7.42. The molecule has 0 fully saturated rings. The summed E-state index contributed by atoms with van der Waals surface area (Å²) in [7, 11) is 0. The highest BCUT2D eigenvalue weighted by atomic mass is 35.5. The Hall–Kier alpha value is -3.02. The van der Waals surface area contributed by atoms with Gasteiger partial charge in [-0.15, -0.1) is 15.3 Å². The number of alkyl halides is 5. The molecule has 3 aromatic rings. The largest absolute Gasteiger partial charge is 0.470 e. The Bertz CT molecular complexity index is 949. The topological polar surface area (TPSA) is 75.0 Å². The fraction of sp³-hybridized carbons (Fsp3) is 0.200. The zero-order chi connectivity index (χ0) is 20.3. The lowest BCUT2D eigenvalue weighted by atomic mass is 10.3. The van der Waals surface area contributed by atoms with Gasteiger partial charge in [-0.2, -0.15) is 22.0 Å². The molecule has 13 heteroatoms. The molecule has 2 aromatic heterocycles. The zero-order valence-corrected chi connectivity index (χ0v) is 14.3. The molecule has 0 aliphatic rings.